The van der Waals surface area contributed by atoms with Crippen molar-refractivity contribution in [2.24, 2.45) is 0 Å². The summed E-state index contributed by atoms with van der Waals surface area (Å²) in [6, 6.07) is 3.48. The molecule has 0 spiro atoms. The van der Waals surface area contributed by atoms with E-state index in [1.807, 2.05) is 0 Å². The smallest absolute Gasteiger partial charge is 0.211 e. The van der Waals surface area contributed by atoms with Crippen molar-refractivity contribution >= 4 is 32.5 Å². The summed E-state index contributed by atoms with van der Waals surface area (Å²) in [6.45, 7) is 0.586. The molecule has 114 valence electrons. The number of hydrogen-bond donors (Lipinski definition) is 2. The Morgan fingerprint density at radius 1 is 1.38 bits per heavy atom. The summed E-state index contributed by atoms with van der Waals surface area (Å²) in [5.74, 6) is 0. The van der Waals surface area contributed by atoms with Gasteiger partial charge in [0, 0.05) is 23.5 Å². The minimum atomic E-state index is -3.22. The van der Waals surface area contributed by atoms with E-state index in [4.69, 9.17) is 11.6 Å². The SMILES string of the molecule is CS(=O)(=O)N1CCC(O)(c2cc(Cl)cc3[nH]ncc23)CC1. The Hall–Kier alpha value is -1.15. The topological polar surface area (TPSA) is 86.3 Å². The highest BCUT2D eigenvalue weighted by Gasteiger charge is 2.38. The number of aromatic nitrogens is 2. The van der Waals surface area contributed by atoms with Crippen molar-refractivity contribution in [3.8, 4) is 0 Å². The van der Waals surface area contributed by atoms with Gasteiger partial charge in [0.25, 0.3) is 0 Å². The Morgan fingerprint density at radius 3 is 2.67 bits per heavy atom. The third kappa shape index (κ3) is 2.66. The Labute approximate surface area is 127 Å². The zero-order valence-electron chi connectivity index (χ0n) is 11.5. The average Bonchev–Trinajstić information content (AvgIpc) is 2.85. The molecule has 0 aliphatic carbocycles. The third-order valence-electron chi connectivity index (χ3n) is 4.04. The van der Waals surface area contributed by atoms with E-state index in [0.717, 1.165) is 10.9 Å². The van der Waals surface area contributed by atoms with E-state index in [1.54, 1.807) is 18.3 Å². The van der Waals surface area contributed by atoms with Crippen molar-refractivity contribution in [2.75, 3.05) is 19.3 Å². The van der Waals surface area contributed by atoms with Crippen LogP contribution < -0.4 is 0 Å². The molecule has 1 saturated heterocycles. The van der Waals surface area contributed by atoms with E-state index in [9.17, 15) is 13.5 Å². The summed E-state index contributed by atoms with van der Waals surface area (Å²) in [6.07, 6.45) is 3.51. The third-order valence-corrected chi connectivity index (χ3v) is 5.56. The molecular formula is C13H16ClN3O3S. The lowest BCUT2D eigenvalue weighted by Crippen LogP contribution is -2.44. The molecule has 8 heteroatoms. The van der Waals surface area contributed by atoms with E-state index in [2.05, 4.69) is 10.2 Å². The molecule has 2 heterocycles. The Balaban J connectivity index is 1.98. The van der Waals surface area contributed by atoms with Gasteiger partial charge >= 0.3 is 0 Å². The molecular weight excluding hydrogens is 314 g/mol. The number of halogens is 1. The quantitative estimate of drug-likeness (QED) is 0.873. The van der Waals surface area contributed by atoms with Gasteiger partial charge in [0.15, 0.2) is 0 Å². The second-order valence-corrected chi connectivity index (χ2v) is 7.90. The maximum Gasteiger partial charge on any atom is 0.211 e. The number of hydrogen-bond acceptors (Lipinski definition) is 4. The second-order valence-electron chi connectivity index (χ2n) is 5.48. The molecule has 0 saturated carbocycles. The molecule has 1 aliphatic heterocycles. The average molecular weight is 330 g/mol. The van der Waals surface area contributed by atoms with Crippen molar-refractivity contribution < 1.29 is 13.5 Å². The van der Waals surface area contributed by atoms with E-state index < -0.39 is 15.6 Å². The lowest BCUT2D eigenvalue weighted by molar-refractivity contribution is -0.00817. The van der Waals surface area contributed by atoms with Gasteiger partial charge in [-0.15, -0.1) is 0 Å². The predicted octanol–water partition coefficient (Wildman–Crippen LogP) is 1.46. The maximum atomic E-state index is 11.6. The number of sulfonamides is 1. The van der Waals surface area contributed by atoms with Crippen molar-refractivity contribution in [1.29, 1.82) is 0 Å². The molecule has 1 fully saturated rings. The number of H-pyrrole nitrogens is 1. The number of piperidine rings is 1. The van der Waals surface area contributed by atoms with Gasteiger partial charge in [-0.2, -0.15) is 5.10 Å². The van der Waals surface area contributed by atoms with E-state index in [0.29, 0.717) is 36.5 Å². The number of nitrogens with zero attached hydrogens (tertiary/aromatic N) is 2. The first-order valence-corrected chi connectivity index (χ1v) is 8.83. The zero-order chi connectivity index (χ0) is 15.3. The van der Waals surface area contributed by atoms with Gasteiger partial charge in [-0.3, -0.25) is 5.10 Å². The fourth-order valence-electron chi connectivity index (χ4n) is 2.86. The lowest BCUT2D eigenvalue weighted by Gasteiger charge is -2.37. The summed E-state index contributed by atoms with van der Waals surface area (Å²) in [5.41, 5.74) is 0.372. The molecule has 1 aromatic carbocycles. The van der Waals surface area contributed by atoms with Crippen molar-refractivity contribution in [2.45, 2.75) is 18.4 Å². The van der Waals surface area contributed by atoms with Gasteiger partial charge in [-0.25, -0.2) is 12.7 Å². The molecule has 0 unspecified atom stereocenters. The van der Waals surface area contributed by atoms with Gasteiger partial charge < -0.3 is 5.11 Å². The normalized spacial score (nSPS) is 20.0. The summed E-state index contributed by atoms with van der Waals surface area (Å²) in [4.78, 5) is 0. The van der Waals surface area contributed by atoms with Crippen LogP contribution in [0.4, 0.5) is 0 Å². The molecule has 1 aromatic heterocycles. The summed E-state index contributed by atoms with van der Waals surface area (Å²) >= 11 is 6.10. The summed E-state index contributed by atoms with van der Waals surface area (Å²) in [7, 11) is -3.22. The van der Waals surface area contributed by atoms with Gasteiger partial charge in [0.05, 0.1) is 23.6 Å². The number of benzene rings is 1. The monoisotopic (exact) mass is 329 g/mol. The van der Waals surface area contributed by atoms with Crippen LogP contribution in [-0.4, -0.2) is 47.4 Å². The molecule has 2 aromatic rings. The first kappa shape index (κ1) is 14.8. The van der Waals surface area contributed by atoms with Crippen molar-refractivity contribution in [3.63, 3.8) is 0 Å². The first-order valence-electron chi connectivity index (χ1n) is 6.60. The molecule has 1 aliphatic rings. The first-order chi connectivity index (χ1) is 9.79. The number of fused-ring (bicyclic) bond motifs is 1. The van der Waals surface area contributed by atoms with Crippen LogP contribution in [0.15, 0.2) is 18.3 Å². The van der Waals surface area contributed by atoms with Gasteiger partial charge in [0.2, 0.25) is 10.0 Å². The standard InChI is InChI=1S/C13H16ClN3O3S/c1-21(19,20)17-4-2-13(18,3-5-17)11-6-9(14)7-12-10(11)8-15-16-12/h6-8,18H,2-5H2,1H3,(H,15,16). The Morgan fingerprint density at radius 2 is 2.05 bits per heavy atom. The highest BCUT2D eigenvalue weighted by Crippen LogP contribution is 2.38. The van der Waals surface area contributed by atoms with Crippen LogP contribution in [0.2, 0.25) is 5.02 Å². The molecule has 3 rings (SSSR count). The van der Waals surface area contributed by atoms with Gasteiger partial charge in [0.1, 0.15) is 0 Å². The molecule has 0 radical (unpaired) electrons. The number of aromatic amines is 1. The Bertz CT molecular complexity index is 779. The van der Waals surface area contributed by atoms with Crippen LogP contribution in [0.3, 0.4) is 0 Å². The molecule has 0 amide bonds. The molecule has 21 heavy (non-hydrogen) atoms. The fourth-order valence-corrected chi connectivity index (χ4v) is 3.92. The number of rotatable bonds is 2. The molecule has 2 N–H and O–H groups in total. The van der Waals surface area contributed by atoms with E-state index >= 15 is 0 Å². The van der Waals surface area contributed by atoms with Crippen LogP contribution in [0.25, 0.3) is 10.9 Å². The van der Waals surface area contributed by atoms with Gasteiger partial charge in [-0.1, -0.05) is 11.6 Å². The second kappa shape index (κ2) is 4.95. The summed E-state index contributed by atoms with van der Waals surface area (Å²) in [5, 5.41) is 19.1. The molecule has 6 nitrogen and oxygen atoms in total. The number of nitrogens with one attached hydrogen (secondary N) is 1. The molecule has 0 bridgehead atoms. The van der Waals surface area contributed by atoms with E-state index in [1.165, 1.54) is 10.6 Å². The number of aliphatic hydroxyl groups is 1. The van der Waals surface area contributed by atoms with E-state index in [-0.39, 0.29) is 0 Å². The zero-order valence-corrected chi connectivity index (χ0v) is 13.1. The Kier molecular flexibility index (Phi) is 3.48. The predicted molar refractivity (Wildman–Crippen MR) is 80.7 cm³/mol. The van der Waals surface area contributed by atoms with Gasteiger partial charge in [-0.05, 0) is 30.5 Å². The van der Waals surface area contributed by atoms with Crippen LogP contribution in [0, 0.1) is 0 Å². The minimum Gasteiger partial charge on any atom is -0.385 e. The highest BCUT2D eigenvalue weighted by atomic mass is 35.5. The van der Waals surface area contributed by atoms with Crippen molar-refractivity contribution in [3.05, 3.63) is 28.9 Å². The maximum absolute atomic E-state index is 11.6. The van der Waals surface area contributed by atoms with Crippen LogP contribution in [-0.2, 0) is 15.6 Å². The minimum absolute atomic E-state index is 0.293. The van der Waals surface area contributed by atoms with Crippen molar-refractivity contribution in [1.82, 2.24) is 14.5 Å². The van der Waals surface area contributed by atoms with Crippen LogP contribution >= 0.6 is 11.6 Å². The van der Waals surface area contributed by atoms with Crippen LogP contribution in [0.5, 0.6) is 0 Å². The molecule has 0 atom stereocenters. The largest absolute Gasteiger partial charge is 0.385 e. The fraction of sp³-hybridized carbons (Fsp3) is 0.462. The summed E-state index contributed by atoms with van der Waals surface area (Å²) < 4.78 is 24.5. The highest BCUT2D eigenvalue weighted by molar-refractivity contribution is 7.88. The lowest BCUT2D eigenvalue weighted by atomic mass is 9.83. The van der Waals surface area contributed by atoms with Crippen LogP contribution in [0.1, 0.15) is 18.4 Å².